The first-order valence-corrected chi connectivity index (χ1v) is 3.75. The zero-order valence-electron chi connectivity index (χ0n) is 6.80. The molecule has 0 aromatic heterocycles. The van der Waals surface area contributed by atoms with E-state index in [4.69, 9.17) is 5.11 Å². The Morgan fingerprint density at radius 2 is 2.40 bits per heavy atom. The van der Waals surface area contributed by atoms with Gasteiger partial charge in [0, 0.05) is 12.0 Å². The SMILES string of the molecule is [CH2-]N1CC(C)(CO)CC1C. The fourth-order valence-corrected chi connectivity index (χ4v) is 1.67. The van der Waals surface area contributed by atoms with Crippen molar-refractivity contribution in [3.05, 3.63) is 7.05 Å². The molecule has 0 saturated carbocycles. The highest BCUT2D eigenvalue weighted by Crippen LogP contribution is 2.32. The van der Waals surface area contributed by atoms with Crippen LogP contribution in [0.3, 0.4) is 0 Å². The second-order valence-electron chi connectivity index (χ2n) is 3.77. The van der Waals surface area contributed by atoms with Gasteiger partial charge in [-0.05, 0) is 19.0 Å². The van der Waals surface area contributed by atoms with Crippen molar-refractivity contribution in [3.63, 3.8) is 0 Å². The number of hydrogen-bond donors (Lipinski definition) is 1. The fourth-order valence-electron chi connectivity index (χ4n) is 1.67. The van der Waals surface area contributed by atoms with Gasteiger partial charge in [0.25, 0.3) is 0 Å². The Balaban J connectivity index is 2.55. The smallest absolute Gasteiger partial charge is 0.0496 e. The molecule has 2 heteroatoms. The van der Waals surface area contributed by atoms with Crippen LogP contribution in [0, 0.1) is 12.5 Å². The lowest BCUT2D eigenvalue weighted by Gasteiger charge is -2.24. The van der Waals surface area contributed by atoms with Crippen LogP contribution in [0.4, 0.5) is 0 Å². The van der Waals surface area contributed by atoms with Crippen LogP contribution in [0.2, 0.25) is 0 Å². The van der Waals surface area contributed by atoms with Gasteiger partial charge in [0.05, 0.1) is 0 Å². The normalized spacial score (nSPS) is 42.6. The highest BCUT2D eigenvalue weighted by atomic mass is 16.3. The average Bonchev–Trinajstić information content (AvgIpc) is 2.10. The molecule has 2 nitrogen and oxygen atoms in total. The maximum absolute atomic E-state index is 9.01. The molecule has 1 fully saturated rings. The number of rotatable bonds is 1. The fraction of sp³-hybridized carbons (Fsp3) is 0.875. The van der Waals surface area contributed by atoms with Crippen molar-refractivity contribution in [2.24, 2.45) is 5.41 Å². The summed E-state index contributed by atoms with van der Waals surface area (Å²) in [6, 6.07) is 0.525. The van der Waals surface area contributed by atoms with Gasteiger partial charge in [-0.3, -0.25) is 7.05 Å². The molecule has 0 amide bonds. The van der Waals surface area contributed by atoms with Crippen LogP contribution in [0.25, 0.3) is 0 Å². The van der Waals surface area contributed by atoms with E-state index in [0.29, 0.717) is 6.04 Å². The van der Waals surface area contributed by atoms with Crippen molar-refractivity contribution in [2.45, 2.75) is 26.3 Å². The molecule has 1 saturated heterocycles. The molecule has 1 rings (SSSR count). The van der Waals surface area contributed by atoms with Gasteiger partial charge in [0.1, 0.15) is 0 Å². The summed E-state index contributed by atoms with van der Waals surface area (Å²) in [7, 11) is 3.88. The van der Waals surface area contributed by atoms with E-state index in [2.05, 4.69) is 25.8 Å². The van der Waals surface area contributed by atoms with E-state index < -0.39 is 0 Å². The summed E-state index contributed by atoms with van der Waals surface area (Å²) >= 11 is 0. The molecule has 1 heterocycles. The van der Waals surface area contributed by atoms with E-state index in [1.54, 1.807) is 0 Å². The zero-order valence-corrected chi connectivity index (χ0v) is 6.80. The Bertz CT molecular complexity index is 114. The zero-order chi connectivity index (χ0) is 7.78. The van der Waals surface area contributed by atoms with Gasteiger partial charge >= 0.3 is 0 Å². The second-order valence-corrected chi connectivity index (χ2v) is 3.77. The Morgan fingerprint density at radius 3 is 2.60 bits per heavy atom. The van der Waals surface area contributed by atoms with Crippen LogP contribution in [0.15, 0.2) is 0 Å². The van der Waals surface area contributed by atoms with Gasteiger partial charge in [-0.25, -0.2) is 0 Å². The molecule has 0 aliphatic carbocycles. The lowest BCUT2D eigenvalue weighted by Crippen LogP contribution is -2.24. The molecule has 1 aliphatic rings. The molecular formula is C8H16NO-. The largest absolute Gasteiger partial charge is 0.456 e. The highest BCUT2D eigenvalue weighted by molar-refractivity contribution is 4.90. The number of aliphatic hydroxyl groups is 1. The lowest BCUT2D eigenvalue weighted by atomic mass is 9.89. The minimum absolute atomic E-state index is 0.0984. The van der Waals surface area contributed by atoms with Crippen molar-refractivity contribution in [3.8, 4) is 0 Å². The monoisotopic (exact) mass is 142 g/mol. The van der Waals surface area contributed by atoms with Crippen LogP contribution in [-0.2, 0) is 0 Å². The maximum Gasteiger partial charge on any atom is 0.0496 e. The van der Waals surface area contributed by atoms with Crippen LogP contribution in [0.5, 0.6) is 0 Å². The number of nitrogens with zero attached hydrogens (tertiary/aromatic N) is 1. The van der Waals surface area contributed by atoms with Gasteiger partial charge < -0.3 is 10.0 Å². The van der Waals surface area contributed by atoms with E-state index in [-0.39, 0.29) is 12.0 Å². The van der Waals surface area contributed by atoms with Gasteiger partial charge in [-0.1, -0.05) is 13.8 Å². The molecular weight excluding hydrogens is 126 g/mol. The number of likely N-dealkylation sites (tertiary alicyclic amines) is 1. The van der Waals surface area contributed by atoms with Gasteiger partial charge in [-0.2, -0.15) is 0 Å². The maximum atomic E-state index is 9.01. The van der Waals surface area contributed by atoms with Crippen molar-refractivity contribution in [1.82, 2.24) is 4.90 Å². The third-order valence-electron chi connectivity index (χ3n) is 2.38. The van der Waals surface area contributed by atoms with Crippen molar-refractivity contribution < 1.29 is 5.11 Å². The summed E-state index contributed by atoms with van der Waals surface area (Å²) in [5.41, 5.74) is 0.0984. The van der Waals surface area contributed by atoms with Crippen LogP contribution < -0.4 is 0 Å². The van der Waals surface area contributed by atoms with Crippen LogP contribution >= 0.6 is 0 Å². The molecule has 10 heavy (non-hydrogen) atoms. The first-order chi connectivity index (χ1) is 4.57. The van der Waals surface area contributed by atoms with Crippen LogP contribution in [-0.4, -0.2) is 29.2 Å². The number of hydrogen-bond acceptors (Lipinski definition) is 2. The van der Waals surface area contributed by atoms with Crippen molar-refractivity contribution >= 4 is 0 Å². The quantitative estimate of drug-likeness (QED) is 0.549. The third kappa shape index (κ3) is 1.32. The Morgan fingerprint density at radius 1 is 1.80 bits per heavy atom. The summed E-state index contributed by atoms with van der Waals surface area (Å²) in [5.74, 6) is 0. The van der Waals surface area contributed by atoms with E-state index in [1.165, 1.54) is 0 Å². The third-order valence-corrected chi connectivity index (χ3v) is 2.38. The summed E-state index contributed by atoms with van der Waals surface area (Å²) in [6.45, 7) is 5.45. The standard InChI is InChI=1S/C8H16NO/c1-7-4-8(2,6-10)5-9(7)3/h7,10H,3-6H2,1-2H3/q-1. The summed E-state index contributed by atoms with van der Waals surface area (Å²) in [6.07, 6.45) is 1.06. The Labute approximate surface area is 62.8 Å². The van der Waals surface area contributed by atoms with E-state index in [0.717, 1.165) is 13.0 Å². The molecule has 0 aromatic carbocycles. The van der Waals surface area contributed by atoms with Gasteiger partial charge in [0.2, 0.25) is 0 Å². The molecule has 0 aromatic rings. The molecule has 1 N–H and O–H groups in total. The molecule has 0 bridgehead atoms. The second kappa shape index (κ2) is 2.51. The topological polar surface area (TPSA) is 23.5 Å². The molecule has 60 valence electrons. The number of aliphatic hydroxyl groups excluding tert-OH is 1. The van der Waals surface area contributed by atoms with Crippen molar-refractivity contribution in [2.75, 3.05) is 13.2 Å². The predicted octanol–water partition coefficient (Wildman–Crippen LogP) is 0.871. The van der Waals surface area contributed by atoms with Crippen LogP contribution in [0.1, 0.15) is 20.3 Å². The summed E-state index contributed by atoms with van der Waals surface area (Å²) < 4.78 is 0. The average molecular weight is 142 g/mol. The Hall–Kier alpha value is -0.0800. The minimum Gasteiger partial charge on any atom is -0.456 e. The predicted molar refractivity (Wildman–Crippen MR) is 41.3 cm³/mol. The first-order valence-electron chi connectivity index (χ1n) is 3.75. The molecule has 0 radical (unpaired) electrons. The molecule has 2 unspecified atom stereocenters. The summed E-state index contributed by atoms with van der Waals surface area (Å²) in [5, 5.41) is 9.01. The van der Waals surface area contributed by atoms with Gasteiger partial charge in [-0.15, -0.1) is 0 Å². The van der Waals surface area contributed by atoms with E-state index >= 15 is 0 Å². The lowest BCUT2D eigenvalue weighted by molar-refractivity contribution is 0.151. The Kier molecular flexibility index (Phi) is 2.02. The summed E-state index contributed by atoms with van der Waals surface area (Å²) in [4.78, 5) is 2.05. The highest BCUT2D eigenvalue weighted by Gasteiger charge is 2.32. The van der Waals surface area contributed by atoms with Gasteiger partial charge in [0.15, 0.2) is 0 Å². The van der Waals surface area contributed by atoms with Crippen molar-refractivity contribution in [1.29, 1.82) is 0 Å². The molecule has 0 spiro atoms. The first kappa shape index (κ1) is 8.02. The van der Waals surface area contributed by atoms with E-state index in [1.807, 2.05) is 0 Å². The van der Waals surface area contributed by atoms with E-state index in [9.17, 15) is 0 Å². The molecule has 1 aliphatic heterocycles. The minimum atomic E-state index is 0.0984. The molecule has 2 atom stereocenters.